The van der Waals surface area contributed by atoms with Crippen LogP contribution >= 0.6 is 23.7 Å². The predicted octanol–water partition coefficient (Wildman–Crippen LogP) is 3.03. The van der Waals surface area contributed by atoms with E-state index >= 15 is 0 Å². The lowest BCUT2D eigenvalue weighted by atomic mass is 9.88. The highest BCUT2D eigenvalue weighted by Crippen LogP contribution is 2.32. The van der Waals surface area contributed by atoms with Crippen LogP contribution in [0.15, 0.2) is 29.6 Å². The molecule has 2 N–H and O–H groups in total. The minimum Gasteiger partial charge on any atom is -0.496 e. The SMILES string of the molecule is COc1ccccc1-c1csc(NC(=O)C(C)C2CNC2)n1.Cl. The molecule has 1 saturated heterocycles. The molecule has 5 nitrogen and oxygen atoms in total. The smallest absolute Gasteiger partial charge is 0.229 e. The first kappa shape index (κ1) is 17.7. The van der Waals surface area contributed by atoms with Crippen LogP contribution in [0.1, 0.15) is 6.92 Å². The van der Waals surface area contributed by atoms with Crippen LogP contribution in [0.4, 0.5) is 5.13 Å². The average molecular weight is 354 g/mol. The quantitative estimate of drug-likeness (QED) is 0.867. The number of halogens is 1. The molecule has 0 spiro atoms. The highest BCUT2D eigenvalue weighted by Gasteiger charge is 2.29. The van der Waals surface area contributed by atoms with Gasteiger partial charge >= 0.3 is 0 Å². The van der Waals surface area contributed by atoms with Gasteiger partial charge in [-0.1, -0.05) is 19.1 Å². The Kier molecular flexibility index (Phi) is 5.98. The summed E-state index contributed by atoms with van der Waals surface area (Å²) in [6, 6.07) is 7.73. The molecule has 1 amide bonds. The maximum Gasteiger partial charge on any atom is 0.229 e. The number of thiazole rings is 1. The highest BCUT2D eigenvalue weighted by molar-refractivity contribution is 7.14. The molecule has 0 saturated carbocycles. The van der Waals surface area contributed by atoms with Gasteiger partial charge in [0.1, 0.15) is 5.75 Å². The number of aromatic nitrogens is 1. The van der Waals surface area contributed by atoms with E-state index < -0.39 is 0 Å². The number of methoxy groups -OCH3 is 1. The summed E-state index contributed by atoms with van der Waals surface area (Å²) in [4.78, 5) is 16.7. The summed E-state index contributed by atoms with van der Waals surface area (Å²) in [5.41, 5.74) is 1.74. The number of para-hydroxylation sites is 1. The van der Waals surface area contributed by atoms with Crippen molar-refractivity contribution in [1.29, 1.82) is 0 Å². The molecule has 1 atom stereocenters. The van der Waals surface area contributed by atoms with E-state index in [1.165, 1.54) is 11.3 Å². The van der Waals surface area contributed by atoms with Crippen LogP contribution in [0.2, 0.25) is 0 Å². The Hall–Kier alpha value is -1.63. The van der Waals surface area contributed by atoms with Crippen molar-refractivity contribution < 1.29 is 9.53 Å². The monoisotopic (exact) mass is 353 g/mol. The molecule has 1 aromatic heterocycles. The van der Waals surface area contributed by atoms with Crippen LogP contribution in [0.5, 0.6) is 5.75 Å². The third-order valence-electron chi connectivity index (χ3n) is 4.05. The lowest BCUT2D eigenvalue weighted by molar-refractivity contribution is -0.121. The molecule has 7 heteroatoms. The molecule has 3 rings (SSSR count). The van der Waals surface area contributed by atoms with E-state index in [4.69, 9.17) is 4.74 Å². The summed E-state index contributed by atoms with van der Waals surface area (Å²) < 4.78 is 5.35. The molecular formula is C16H20ClN3O2S. The number of anilines is 1. The van der Waals surface area contributed by atoms with Gasteiger partial charge in [-0.15, -0.1) is 23.7 Å². The summed E-state index contributed by atoms with van der Waals surface area (Å²) in [6.45, 7) is 3.80. The van der Waals surface area contributed by atoms with E-state index in [2.05, 4.69) is 15.6 Å². The van der Waals surface area contributed by atoms with Gasteiger partial charge < -0.3 is 15.4 Å². The van der Waals surface area contributed by atoms with E-state index in [0.29, 0.717) is 11.0 Å². The van der Waals surface area contributed by atoms with Crippen LogP contribution in [0.25, 0.3) is 11.3 Å². The van der Waals surface area contributed by atoms with Crippen LogP contribution in [-0.4, -0.2) is 31.1 Å². The molecule has 1 unspecified atom stereocenters. The minimum atomic E-state index is -0.000128. The van der Waals surface area contributed by atoms with Crippen LogP contribution < -0.4 is 15.4 Å². The molecule has 1 fully saturated rings. The Labute approximate surface area is 145 Å². The van der Waals surface area contributed by atoms with E-state index in [1.807, 2.05) is 36.6 Å². The first-order chi connectivity index (χ1) is 10.7. The van der Waals surface area contributed by atoms with Gasteiger partial charge in [0, 0.05) is 16.9 Å². The Balaban J connectivity index is 0.00000192. The van der Waals surface area contributed by atoms with Gasteiger partial charge in [0.2, 0.25) is 5.91 Å². The Morgan fingerprint density at radius 1 is 1.43 bits per heavy atom. The van der Waals surface area contributed by atoms with Crippen LogP contribution in [0.3, 0.4) is 0 Å². The van der Waals surface area contributed by atoms with Crippen LogP contribution in [0, 0.1) is 11.8 Å². The zero-order valence-electron chi connectivity index (χ0n) is 13.0. The number of hydrogen-bond acceptors (Lipinski definition) is 5. The largest absolute Gasteiger partial charge is 0.496 e. The Morgan fingerprint density at radius 3 is 2.83 bits per heavy atom. The molecule has 2 aromatic rings. The average Bonchev–Trinajstić information content (AvgIpc) is 2.93. The van der Waals surface area contributed by atoms with E-state index in [9.17, 15) is 4.79 Å². The van der Waals surface area contributed by atoms with Gasteiger partial charge in [0.25, 0.3) is 0 Å². The van der Waals surface area contributed by atoms with Crippen molar-refractivity contribution in [3.05, 3.63) is 29.6 Å². The number of amides is 1. The minimum absolute atomic E-state index is 0. The van der Waals surface area contributed by atoms with Gasteiger partial charge in [0.05, 0.1) is 12.8 Å². The van der Waals surface area contributed by atoms with Gasteiger partial charge in [-0.2, -0.15) is 0 Å². The molecule has 1 aliphatic rings. The number of carbonyl (C=O) groups is 1. The number of nitrogens with zero attached hydrogens (tertiary/aromatic N) is 1. The first-order valence-electron chi connectivity index (χ1n) is 7.29. The van der Waals surface area contributed by atoms with E-state index in [1.54, 1.807) is 7.11 Å². The lowest BCUT2D eigenvalue weighted by Gasteiger charge is -2.31. The molecule has 1 aromatic carbocycles. The zero-order valence-corrected chi connectivity index (χ0v) is 14.7. The molecule has 23 heavy (non-hydrogen) atoms. The topological polar surface area (TPSA) is 63.2 Å². The van der Waals surface area contributed by atoms with Crippen molar-refractivity contribution in [2.45, 2.75) is 6.92 Å². The number of rotatable bonds is 5. The summed E-state index contributed by atoms with van der Waals surface area (Å²) in [6.07, 6.45) is 0. The molecule has 0 radical (unpaired) electrons. The van der Waals surface area contributed by atoms with Crippen molar-refractivity contribution in [1.82, 2.24) is 10.3 Å². The second-order valence-electron chi connectivity index (χ2n) is 5.43. The van der Waals surface area contributed by atoms with E-state index in [-0.39, 0.29) is 24.2 Å². The van der Waals surface area contributed by atoms with Crippen molar-refractivity contribution in [2.24, 2.45) is 11.8 Å². The van der Waals surface area contributed by atoms with Crippen molar-refractivity contribution in [3.8, 4) is 17.0 Å². The molecule has 1 aliphatic heterocycles. The summed E-state index contributed by atoms with van der Waals surface area (Å²) in [5.74, 6) is 1.24. The number of nitrogens with one attached hydrogen (secondary N) is 2. The molecule has 124 valence electrons. The fourth-order valence-corrected chi connectivity index (χ4v) is 3.12. The second kappa shape index (κ2) is 7.77. The standard InChI is InChI=1S/C16H19N3O2S.ClH/c1-10(11-7-17-8-11)15(20)19-16-18-13(9-22-16)12-5-3-4-6-14(12)21-2;/h3-6,9-11,17H,7-8H2,1-2H3,(H,18,19,20);1H. The maximum atomic E-state index is 12.2. The van der Waals surface area contributed by atoms with Gasteiger partial charge in [-0.3, -0.25) is 4.79 Å². The third-order valence-corrected chi connectivity index (χ3v) is 4.81. The molecule has 0 bridgehead atoms. The Morgan fingerprint density at radius 2 is 2.17 bits per heavy atom. The van der Waals surface area contributed by atoms with Gasteiger partial charge in [-0.05, 0) is 31.1 Å². The number of benzene rings is 1. The fourth-order valence-electron chi connectivity index (χ4n) is 2.41. The van der Waals surface area contributed by atoms with Crippen molar-refractivity contribution in [3.63, 3.8) is 0 Å². The number of hydrogen-bond donors (Lipinski definition) is 2. The second-order valence-corrected chi connectivity index (χ2v) is 6.29. The summed E-state index contributed by atoms with van der Waals surface area (Å²) in [7, 11) is 1.64. The van der Waals surface area contributed by atoms with Crippen molar-refractivity contribution in [2.75, 3.05) is 25.5 Å². The molecule has 2 heterocycles. The van der Waals surface area contributed by atoms with E-state index in [0.717, 1.165) is 30.1 Å². The van der Waals surface area contributed by atoms with Gasteiger partial charge in [-0.25, -0.2) is 4.98 Å². The normalized spacial score (nSPS) is 15.2. The lowest BCUT2D eigenvalue weighted by Crippen LogP contribution is -2.48. The van der Waals surface area contributed by atoms with Crippen LogP contribution in [-0.2, 0) is 4.79 Å². The maximum absolute atomic E-state index is 12.2. The highest BCUT2D eigenvalue weighted by atomic mass is 35.5. The molecular weight excluding hydrogens is 334 g/mol. The zero-order chi connectivity index (χ0) is 15.5. The Bertz CT molecular complexity index is 673. The van der Waals surface area contributed by atoms with Gasteiger partial charge in [0.15, 0.2) is 5.13 Å². The van der Waals surface area contributed by atoms with Crippen molar-refractivity contribution >= 4 is 34.8 Å². The summed E-state index contributed by atoms with van der Waals surface area (Å²) >= 11 is 1.43. The molecule has 0 aliphatic carbocycles. The first-order valence-corrected chi connectivity index (χ1v) is 8.17. The fraction of sp³-hybridized carbons (Fsp3) is 0.375. The number of ether oxygens (including phenoxy) is 1. The number of carbonyl (C=O) groups excluding carboxylic acids is 1. The third kappa shape index (κ3) is 3.83. The summed E-state index contributed by atoms with van der Waals surface area (Å²) in [5, 5.41) is 8.67. The predicted molar refractivity (Wildman–Crippen MR) is 95.5 cm³/mol.